The number of rotatable bonds is 6. The highest BCUT2D eigenvalue weighted by Crippen LogP contribution is 2.50. The van der Waals surface area contributed by atoms with E-state index in [2.05, 4.69) is 217 Å². The molecule has 0 atom stereocenters. The van der Waals surface area contributed by atoms with E-state index in [0.29, 0.717) is 0 Å². The molecule has 2 heterocycles. The Kier molecular flexibility index (Phi) is 7.75. The molecule has 0 spiro atoms. The van der Waals surface area contributed by atoms with Gasteiger partial charge in [0.25, 0.3) is 0 Å². The molecule has 0 saturated carbocycles. The Hall–Kier alpha value is -7.46. The molecular formula is C56H35NOS. The summed E-state index contributed by atoms with van der Waals surface area (Å²) >= 11 is 1.85. The van der Waals surface area contributed by atoms with Gasteiger partial charge in [-0.05, 0) is 104 Å². The molecule has 0 amide bonds. The Bertz CT molecular complexity index is 3540. The topological polar surface area (TPSA) is 16.4 Å². The fraction of sp³-hybridized carbons (Fsp3) is 0. The second-order valence-electron chi connectivity index (χ2n) is 15.2. The summed E-state index contributed by atoms with van der Waals surface area (Å²) in [6, 6.07) is 76.8. The Balaban J connectivity index is 1.10. The van der Waals surface area contributed by atoms with Crippen LogP contribution >= 0.6 is 11.3 Å². The maximum Gasteiger partial charge on any atom is 0.145 e. The molecule has 3 heteroatoms. The van der Waals surface area contributed by atoms with Gasteiger partial charge in [-0.2, -0.15) is 0 Å². The highest BCUT2D eigenvalue weighted by Gasteiger charge is 2.25. The lowest BCUT2D eigenvalue weighted by molar-refractivity contribution is 0.670. The van der Waals surface area contributed by atoms with E-state index < -0.39 is 0 Å². The van der Waals surface area contributed by atoms with Gasteiger partial charge in [0.05, 0.1) is 16.8 Å². The molecule has 0 unspecified atom stereocenters. The van der Waals surface area contributed by atoms with Crippen LogP contribution in [0.4, 0.5) is 17.1 Å². The van der Waals surface area contributed by atoms with Crippen molar-refractivity contribution in [2.45, 2.75) is 0 Å². The lowest BCUT2D eigenvalue weighted by Gasteiger charge is -2.28. The zero-order valence-corrected chi connectivity index (χ0v) is 32.8. The maximum atomic E-state index is 7.00. The van der Waals surface area contributed by atoms with E-state index in [1.807, 2.05) is 11.3 Å². The number of para-hydroxylation sites is 1. The van der Waals surface area contributed by atoms with Crippen LogP contribution in [0.3, 0.4) is 0 Å². The van der Waals surface area contributed by atoms with E-state index >= 15 is 0 Å². The van der Waals surface area contributed by atoms with Gasteiger partial charge in [-0.25, -0.2) is 0 Å². The molecule has 2 aromatic heterocycles. The third-order valence-corrected chi connectivity index (χ3v) is 13.0. The van der Waals surface area contributed by atoms with Crippen molar-refractivity contribution in [1.82, 2.24) is 0 Å². The fourth-order valence-corrected chi connectivity index (χ4v) is 10.3. The first-order valence-electron chi connectivity index (χ1n) is 20.1. The molecule has 0 aliphatic heterocycles. The molecule has 2 nitrogen and oxygen atoms in total. The predicted octanol–water partition coefficient (Wildman–Crippen LogP) is 16.7. The van der Waals surface area contributed by atoms with Gasteiger partial charge in [0.1, 0.15) is 11.2 Å². The van der Waals surface area contributed by atoms with Crippen molar-refractivity contribution in [1.29, 1.82) is 0 Å². The number of benzene rings is 10. The molecule has 0 bridgehead atoms. The van der Waals surface area contributed by atoms with Gasteiger partial charge in [0.2, 0.25) is 0 Å². The van der Waals surface area contributed by atoms with Crippen LogP contribution in [0.5, 0.6) is 0 Å². The summed E-state index contributed by atoms with van der Waals surface area (Å²) in [5.74, 6) is 0. The molecule has 0 aliphatic carbocycles. The number of anilines is 3. The van der Waals surface area contributed by atoms with Gasteiger partial charge in [0.15, 0.2) is 0 Å². The third kappa shape index (κ3) is 5.47. The highest BCUT2D eigenvalue weighted by atomic mass is 32.1. The Labute approximate surface area is 345 Å². The average Bonchev–Trinajstić information content (AvgIpc) is 3.89. The maximum absolute atomic E-state index is 7.00. The van der Waals surface area contributed by atoms with Crippen molar-refractivity contribution < 1.29 is 4.42 Å². The molecule has 276 valence electrons. The smallest absolute Gasteiger partial charge is 0.145 e. The minimum Gasteiger partial charge on any atom is -0.455 e. The minimum absolute atomic E-state index is 0.870. The first kappa shape index (κ1) is 33.7. The van der Waals surface area contributed by atoms with Gasteiger partial charge in [-0.15, -0.1) is 11.3 Å². The SMILES string of the molecule is c1ccc(-c2ccc(-c3ccc(N(c4cccc5sc6ccccc6c45)c4ccc(-c5cc6ccccc6c6ccccc56)c5oc6ccccc6c45)cc3)cc2)cc1. The quantitative estimate of drug-likeness (QED) is 0.157. The van der Waals surface area contributed by atoms with E-state index in [9.17, 15) is 0 Å². The number of nitrogens with zero attached hydrogens (tertiary/aromatic N) is 1. The predicted molar refractivity (Wildman–Crippen MR) is 253 cm³/mol. The van der Waals surface area contributed by atoms with Crippen molar-refractivity contribution in [3.63, 3.8) is 0 Å². The fourth-order valence-electron chi connectivity index (χ4n) is 9.13. The van der Waals surface area contributed by atoms with Gasteiger partial charge in [-0.3, -0.25) is 0 Å². The van der Waals surface area contributed by atoms with Gasteiger partial charge < -0.3 is 9.32 Å². The second-order valence-corrected chi connectivity index (χ2v) is 16.3. The molecule has 10 aromatic carbocycles. The van der Waals surface area contributed by atoms with E-state index in [1.54, 1.807) is 0 Å². The standard InChI is InChI=1S/C56H35NOS/c1-2-13-36(14-3-1)37-25-27-38(28-26-37)39-29-31-41(32-30-39)57(49-21-12-24-53-54(49)47-20-9-11-23-52(47)59-53)50-34-33-45(56-55(50)46-19-8-10-22-51(46)58-56)48-35-40-15-4-5-16-42(40)43-17-6-7-18-44(43)48/h1-35H. The lowest BCUT2D eigenvalue weighted by Crippen LogP contribution is -2.11. The zero-order valence-electron chi connectivity index (χ0n) is 32.0. The van der Waals surface area contributed by atoms with Crippen LogP contribution in [0, 0.1) is 0 Å². The van der Waals surface area contributed by atoms with Crippen LogP contribution in [-0.2, 0) is 0 Å². The normalized spacial score (nSPS) is 11.7. The number of thiophene rings is 1. The lowest BCUT2D eigenvalue weighted by atomic mass is 9.92. The van der Waals surface area contributed by atoms with E-state index in [4.69, 9.17) is 4.42 Å². The van der Waals surface area contributed by atoms with Crippen LogP contribution in [0.2, 0.25) is 0 Å². The summed E-state index contributed by atoms with van der Waals surface area (Å²) in [4.78, 5) is 2.45. The van der Waals surface area contributed by atoms with Crippen LogP contribution in [0.1, 0.15) is 0 Å². The number of furan rings is 1. The molecule has 12 aromatic rings. The number of fused-ring (bicyclic) bond motifs is 9. The highest BCUT2D eigenvalue weighted by molar-refractivity contribution is 7.26. The zero-order chi connectivity index (χ0) is 38.9. The van der Waals surface area contributed by atoms with Gasteiger partial charge >= 0.3 is 0 Å². The van der Waals surface area contributed by atoms with Crippen LogP contribution in [0.25, 0.3) is 97.0 Å². The summed E-state index contributed by atoms with van der Waals surface area (Å²) in [7, 11) is 0. The van der Waals surface area contributed by atoms with Crippen molar-refractivity contribution >= 4 is 92.1 Å². The van der Waals surface area contributed by atoms with Crippen molar-refractivity contribution in [2.24, 2.45) is 0 Å². The van der Waals surface area contributed by atoms with Crippen LogP contribution in [0.15, 0.2) is 217 Å². The monoisotopic (exact) mass is 769 g/mol. The van der Waals surface area contributed by atoms with Crippen LogP contribution in [-0.4, -0.2) is 0 Å². The summed E-state index contributed by atoms with van der Waals surface area (Å²) in [5.41, 5.74) is 12.1. The summed E-state index contributed by atoms with van der Waals surface area (Å²) < 4.78 is 9.54. The molecular weight excluding hydrogens is 735 g/mol. The number of hydrogen-bond donors (Lipinski definition) is 0. The Morgan fingerprint density at radius 3 is 1.71 bits per heavy atom. The molecule has 0 saturated heterocycles. The molecule has 12 rings (SSSR count). The van der Waals surface area contributed by atoms with E-state index in [-0.39, 0.29) is 0 Å². The van der Waals surface area contributed by atoms with E-state index in [1.165, 1.54) is 64.0 Å². The largest absolute Gasteiger partial charge is 0.455 e. The van der Waals surface area contributed by atoms with E-state index in [0.717, 1.165) is 50.1 Å². The Morgan fingerprint density at radius 2 is 0.932 bits per heavy atom. The first-order chi connectivity index (χ1) is 29.3. The van der Waals surface area contributed by atoms with Crippen molar-refractivity contribution in [3.05, 3.63) is 212 Å². The van der Waals surface area contributed by atoms with Crippen molar-refractivity contribution in [2.75, 3.05) is 4.90 Å². The molecule has 0 fully saturated rings. The van der Waals surface area contributed by atoms with Gasteiger partial charge in [0, 0.05) is 36.8 Å². The third-order valence-electron chi connectivity index (χ3n) is 11.9. The minimum atomic E-state index is 0.870. The molecule has 0 N–H and O–H groups in total. The number of hydrogen-bond acceptors (Lipinski definition) is 3. The molecule has 0 radical (unpaired) electrons. The average molecular weight is 770 g/mol. The summed E-state index contributed by atoms with van der Waals surface area (Å²) in [6.07, 6.45) is 0. The van der Waals surface area contributed by atoms with Crippen molar-refractivity contribution in [3.8, 4) is 33.4 Å². The van der Waals surface area contributed by atoms with Gasteiger partial charge in [-0.1, -0.05) is 158 Å². The van der Waals surface area contributed by atoms with Crippen LogP contribution < -0.4 is 4.90 Å². The summed E-state index contributed by atoms with van der Waals surface area (Å²) in [5, 5.41) is 9.60. The Morgan fingerprint density at radius 1 is 0.356 bits per heavy atom. The molecule has 0 aliphatic rings. The first-order valence-corrected chi connectivity index (χ1v) is 20.9. The second kappa shape index (κ2) is 13.6. The summed E-state index contributed by atoms with van der Waals surface area (Å²) in [6.45, 7) is 0. The molecule has 59 heavy (non-hydrogen) atoms.